The maximum atomic E-state index is 12.9. The van der Waals surface area contributed by atoms with Crippen LogP contribution in [0.1, 0.15) is 6.42 Å². The molecule has 1 amide bonds. The number of rotatable bonds is 6. The lowest BCUT2D eigenvalue weighted by atomic mass is 10.2. The van der Waals surface area contributed by atoms with Crippen molar-refractivity contribution in [3.05, 3.63) is 42.7 Å². The summed E-state index contributed by atoms with van der Waals surface area (Å²) < 4.78 is 12.9. The van der Waals surface area contributed by atoms with E-state index in [4.69, 9.17) is 0 Å². The van der Waals surface area contributed by atoms with Crippen LogP contribution in [0.15, 0.2) is 36.9 Å². The molecular weight excluding hydrogens is 269 g/mol. The topological polar surface area (TPSA) is 35.6 Å². The summed E-state index contributed by atoms with van der Waals surface area (Å²) in [7, 11) is 0. The van der Waals surface area contributed by atoms with E-state index in [1.165, 1.54) is 12.1 Å². The molecular formula is C16H22FN3O. The molecule has 114 valence electrons. The molecule has 1 saturated heterocycles. The Morgan fingerprint density at radius 3 is 2.52 bits per heavy atom. The van der Waals surface area contributed by atoms with E-state index >= 15 is 0 Å². The standard InChI is InChI=1S/C16H22FN3O/c1-2-8-18-9-7-16(21)20-12-10-19(11-13-20)15-5-3-14(17)4-6-15/h2-6,18H,1,7-13H2. The van der Waals surface area contributed by atoms with E-state index in [1.54, 1.807) is 18.2 Å². The number of amides is 1. The summed E-state index contributed by atoms with van der Waals surface area (Å²) in [6.45, 7) is 8.05. The van der Waals surface area contributed by atoms with Crippen LogP contribution in [0.25, 0.3) is 0 Å². The second-order valence-corrected chi connectivity index (χ2v) is 5.09. The van der Waals surface area contributed by atoms with Gasteiger partial charge < -0.3 is 15.1 Å². The molecule has 0 atom stereocenters. The minimum absolute atomic E-state index is 0.185. The average Bonchev–Trinajstić information content (AvgIpc) is 2.52. The number of benzene rings is 1. The van der Waals surface area contributed by atoms with Gasteiger partial charge in [-0.05, 0) is 24.3 Å². The zero-order chi connectivity index (χ0) is 15.1. The number of hydrogen-bond donors (Lipinski definition) is 1. The Kier molecular flexibility index (Phi) is 5.75. The molecule has 1 aliphatic heterocycles. The molecule has 1 heterocycles. The molecule has 5 heteroatoms. The van der Waals surface area contributed by atoms with Gasteiger partial charge in [0.25, 0.3) is 0 Å². The zero-order valence-corrected chi connectivity index (χ0v) is 12.2. The third-order valence-electron chi connectivity index (χ3n) is 3.63. The molecule has 1 fully saturated rings. The second-order valence-electron chi connectivity index (χ2n) is 5.09. The highest BCUT2D eigenvalue weighted by Gasteiger charge is 2.20. The first-order chi connectivity index (χ1) is 10.2. The number of nitrogens with zero attached hydrogens (tertiary/aromatic N) is 2. The number of carbonyl (C=O) groups is 1. The summed E-state index contributed by atoms with van der Waals surface area (Å²) in [6, 6.07) is 6.51. The van der Waals surface area contributed by atoms with Gasteiger partial charge in [-0.2, -0.15) is 0 Å². The van der Waals surface area contributed by atoms with Crippen LogP contribution in [-0.2, 0) is 4.79 Å². The van der Waals surface area contributed by atoms with Crippen LogP contribution in [0.5, 0.6) is 0 Å². The molecule has 0 radical (unpaired) electrons. The van der Waals surface area contributed by atoms with Gasteiger partial charge in [-0.15, -0.1) is 6.58 Å². The summed E-state index contributed by atoms with van der Waals surface area (Å²) in [6.07, 6.45) is 2.30. The molecule has 21 heavy (non-hydrogen) atoms. The first-order valence-electron chi connectivity index (χ1n) is 7.30. The van der Waals surface area contributed by atoms with Gasteiger partial charge in [0.2, 0.25) is 5.91 Å². The summed E-state index contributed by atoms with van der Waals surface area (Å²) in [4.78, 5) is 16.1. The van der Waals surface area contributed by atoms with Crippen LogP contribution >= 0.6 is 0 Å². The molecule has 1 N–H and O–H groups in total. The van der Waals surface area contributed by atoms with Crippen LogP contribution in [0.2, 0.25) is 0 Å². The Bertz CT molecular complexity index is 467. The summed E-state index contributed by atoms with van der Waals surface area (Å²) in [5.41, 5.74) is 1.01. The molecule has 1 aliphatic rings. The van der Waals surface area contributed by atoms with E-state index in [0.29, 0.717) is 13.0 Å². The molecule has 0 aromatic heterocycles. The van der Waals surface area contributed by atoms with Crippen molar-refractivity contribution in [1.82, 2.24) is 10.2 Å². The summed E-state index contributed by atoms with van der Waals surface area (Å²) >= 11 is 0. The van der Waals surface area contributed by atoms with Gasteiger partial charge in [0.1, 0.15) is 5.82 Å². The number of halogens is 1. The molecule has 0 aliphatic carbocycles. The fourth-order valence-electron chi connectivity index (χ4n) is 2.42. The van der Waals surface area contributed by atoms with E-state index in [1.807, 2.05) is 4.90 Å². The van der Waals surface area contributed by atoms with Crippen molar-refractivity contribution in [3.8, 4) is 0 Å². The fraction of sp³-hybridized carbons (Fsp3) is 0.438. The Morgan fingerprint density at radius 1 is 1.24 bits per heavy atom. The molecule has 0 saturated carbocycles. The minimum atomic E-state index is -0.223. The first kappa shape index (κ1) is 15.5. The van der Waals surface area contributed by atoms with E-state index in [9.17, 15) is 9.18 Å². The lowest BCUT2D eigenvalue weighted by molar-refractivity contribution is -0.131. The third-order valence-corrected chi connectivity index (χ3v) is 3.63. The van der Waals surface area contributed by atoms with E-state index in [2.05, 4.69) is 16.8 Å². The zero-order valence-electron chi connectivity index (χ0n) is 12.2. The summed E-state index contributed by atoms with van der Waals surface area (Å²) in [5.74, 6) is -0.0371. The Balaban J connectivity index is 1.76. The average molecular weight is 291 g/mol. The number of nitrogens with one attached hydrogen (secondary N) is 1. The smallest absolute Gasteiger partial charge is 0.223 e. The van der Waals surface area contributed by atoms with Gasteiger partial charge >= 0.3 is 0 Å². The van der Waals surface area contributed by atoms with Crippen molar-refractivity contribution in [2.45, 2.75) is 6.42 Å². The number of anilines is 1. The Labute approximate surface area is 125 Å². The lowest BCUT2D eigenvalue weighted by Gasteiger charge is -2.36. The van der Waals surface area contributed by atoms with Gasteiger partial charge in [0, 0.05) is 51.4 Å². The van der Waals surface area contributed by atoms with Crippen molar-refractivity contribution in [2.24, 2.45) is 0 Å². The highest BCUT2D eigenvalue weighted by molar-refractivity contribution is 5.76. The van der Waals surface area contributed by atoms with Crippen LogP contribution in [-0.4, -0.2) is 50.1 Å². The number of hydrogen-bond acceptors (Lipinski definition) is 3. The lowest BCUT2D eigenvalue weighted by Crippen LogP contribution is -2.49. The maximum Gasteiger partial charge on any atom is 0.223 e. The predicted molar refractivity (Wildman–Crippen MR) is 82.9 cm³/mol. The maximum absolute atomic E-state index is 12.9. The van der Waals surface area contributed by atoms with E-state index in [-0.39, 0.29) is 11.7 Å². The van der Waals surface area contributed by atoms with Crippen molar-refractivity contribution in [1.29, 1.82) is 0 Å². The predicted octanol–water partition coefficient (Wildman–Crippen LogP) is 1.64. The molecule has 0 spiro atoms. The fourth-order valence-corrected chi connectivity index (χ4v) is 2.42. The molecule has 2 rings (SSSR count). The van der Waals surface area contributed by atoms with Crippen LogP contribution < -0.4 is 10.2 Å². The van der Waals surface area contributed by atoms with Crippen molar-refractivity contribution < 1.29 is 9.18 Å². The van der Waals surface area contributed by atoms with Crippen molar-refractivity contribution in [2.75, 3.05) is 44.2 Å². The third kappa shape index (κ3) is 4.56. The monoisotopic (exact) mass is 291 g/mol. The van der Waals surface area contributed by atoms with Crippen LogP contribution in [0.4, 0.5) is 10.1 Å². The van der Waals surface area contributed by atoms with E-state index in [0.717, 1.165) is 38.4 Å². The molecule has 4 nitrogen and oxygen atoms in total. The molecule has 1 aromatic carbocycles. The summed E-state index contributed by atoms with van der Waals surface area (Å²) in [5, 5.41) is 3.13. The normalized spacial score (nSPS) is 15.1. The molecule has 0 bridgehead atoms. The number of carbonyl (C=O) groups excluding carboxylic acids is 1. The van der Waals surface area contributed by atoms with E-state index < -0.39 is 0 Å². The minimum Gasteiger partial charge on any atom is -0.368 e. The van der Waals surface area contributed by atoms with Gasteiger partial charge in [-0.3, -0.25) is 4.79 Å². The highest BCUT2D eigenvalue weighted by atomic mass is 19.1. The van der Waals surface area contributed by atoms with Gasteiger partial charge in [-0.25, -0.2) is 4.39 Å². The largest absolute Gasteiger partial charge is 0.368 e. The van der Waals surface area contributed by atoms with Crippen LogP contribution in [0, 0.1) is 5.82 Å². The van der Waals surface area contributed by atoms with Gasteiger partial charge in [0.15, 0.2) is 0 Å². The second kappa shape index (κ2) is 7.78. The molecule has 1 aromatic rings. The SMILES string of the molecule is C=CCNCCC(=O)N1CCN(c2ccc(F)cc2)CC1. The number of piperazine rings is 1. The van der Waals surface area contributed by atoms with Crippen LogP contribution in [0.3, 0.4) is 0 Å². The van der Waals surface area contributed by atoms with Crippen molar-refractivity contribution in [3.63, 3.8) is 0 Å². The van der Waals surface area contributed by atoms with Crippen molar-refractivity contribution >= 4 is 11.6 Å². The Morgan fingerprint density at radius 2 is 1.90 bits per heavy atom. The van der Waals surface area contributed by atoms with Gasteiger partial charge in [0.05, 0.1) is 0 Å². The quantitative estimate of drug-likeness (QED) is 0.639. The first-order valence-corrected chi connectivity index (χ1v) is 7.30. The van der Waals surface area contributed by atoms with Gasteiger partial charge in [-0.1, -0.05) is 6.08 Å². The Hall–Kier alpha value is -1.88. The highest BCUT2D eigenvalue weighted by Crippen LogP contribution is 2.17. The molecule has 0 unspecified atom stereocenters.